The van der Waals surface area contributed by atoms with E-state index in [0.29, 0.717) is 20.3 Å². The van der Waals surface area contributed by atoms with Gasteiger partial charge in [-0.2, -0.15) is 5.10 Å². The molecule has 158 valence electrons. The van der Waals surface area contributed by atoms with E-state index in [1.54, 1.807) is 36.4 Å². The highest BCUT2D eigenvalue weighted by Crippen LogP contribution is 2.35. The molecule has 7 nitrogen and oxygen atoms in total. The van der Waals surface area contributed by atoms with Crippen LogP contribution >= 0.6 is 31.9 Å². The van der Waals surface area contributed by atoms with Gasteiger partial charge in [0, 0.05) is 17.7 Å². The number of non-ortho nitro benzene ring substituents is 1. The van der Waals surface area contributed by atoms with Gasteiger partial charge in [0.15, 0.2) is 0 Å². The molecule has 3 aromatic carbocycles. The van der Waals surface area contributed by atoms with Gasteiger partial charge in [0.1, 0.15) is 12.4 Å². The van der Waals surface area contributed by atoms with E-state index in [4.69, 9.17) is 4.74 Å². The maximum atomic E-state index is 12.2. The Morgan fingerprint density at radius 1 is 1.13 bits per heavy atom. The van der Waals surface area contributed by atoms with E-state index in [2.05, 4.69) is 42.4 Å². The van der Waals surface area contributed by atoms with Crippen molar-refractivity contribution in [3.05, 3.63) is 102 Å². The highest BCUT2D eigenvalue weighted by atomic mass is 79.9. The molecule has 0 radical (unpaired) electrons. The maximum absolute atomic E-state index is 12.2. The van der Waals surface area contributed by atoms with Crippen LogP contribution in [0.1, 0.15) is 27.0 Å². The normalized spacial score (nSPS) is 10.8. The molecule has 0 aromatic heterocycles. The van der Waals surface area contributed by atoms with Crippen LogP contribution in [0, 0.1) is 17.0 Å². The number of nitro groups is 1. The molecule has 1 amide bonds. The SMILES string of the molecule is Cc1ccccc1C(=O)N/N=C/c1cc(Br)c(OCc2ccc([N+](=O)[O-])cc2)c(Br)c1. The lowest BCUT2D eigenvalue weighted by Gasteiger charge is -2.11. The number of nitrogens with zero attached hydrogens (tertiary/aromatic N) is 2. The maximum Gasteiger partial charge on any atom is 0.271 e. The average Bonchev–Trinajstić information content (AvgIpc) is 2.73. The highest BCUT2D eigenvalue weighted by molar-refractivity contribution is 9.11. The third-order valence-electron chi connectivity index (χ3n) is 4.32. The standard InChI is InChI=1S/C22H17Br2N3O4/c1-14-4-2-3-5-18(14)22(28)26-25-12-16-10-19(23)21(20(24)11-16)31-13-15-6-8-17(9-7-15)27(29)30/h2-12H,13H2,1H3,(H,26,28)/b25-12+. The minimum Gasteiger partial charge on any atom is -0.487 e. The highest BCUT2D eigenvalue weighted by Gasteiger charge is 2.11. The van der Waals surface area contributed by atoms with Gasteiger partial charge in [0.05, 0.1) is 20.1 Å². The molecular formula is C22H17Br2N3O4. The van der Waals surface area contributed by atoms with E-state index in [-0.39, 0.29) is 18.2 Å². The van der Waals surface area contributed by atoms with E-state index in [0.717, 1.165) is 16.7 Å². The molecule has 0 aliphatic heterocycles. The number of hydrogen-bond acceptors (Lipinski definition) is 5. The predicted octanol–water partition coefficient (Wildman–Crippen LogP) is 5.77. The lowest BCUT2D eigenvalue weighted by Crippen LogP contribution is -2.18. The van der Waals surface area contributed by atoms with Crippen molar-refractivity contribution in [2.45, 2.75) is 13.5 Å². The minimum absolute atomic E-state index is 0.0317. The number of ether oxygens (including phenoxy) is 1. The van der Waals surface area contributed by atoms with Gasteiger partial charge in [-0.3, -0.25) is 14.9 Å². The van der Waals surface area contributed by atoms with Crippen molar-refractivity contribution in [1.82, 2.24) is 5.43 Å². The van der Waals surface area contributed by atoms with Crippen molar-refractivity contribution in [3.63, 3.8) is 0 Å². The first-order valence-electron chi connectivity index (χ1n) is 9.09. The second kappa shape index (κ2) is 10.3. The third-order valence-corrected chi connectivity index (χ3v) is 5.50. The van der Waals surface area contributed by atoms with Crippen LogP contribution in [0.3, 0.4) is 0 Å². The van der Waals surface area contributed by atoms with Gasteiger partial charge < -0.3 is 4.74 Å². The van der Waals surface area contributed by atoms with Gasteiger partial charge in [0.2, 0.25) is 0 Å². The van der Waals surface area contributed by atoms with Crippen LogP contribution in [-0.4, -0.2) is 17.0 Å². The number of amides is 1. The zero-order valence-corrected chi connectivity index (χ0v) is 19.5. The van der Waals surface area contributed by atoms with Gasteiger partial charge in [-0.25, -0.2) is 5.43 Å². The number of nitro benzene ring substituents is 1. The van der Waals surface area contributed by atoms with Gasteiger partial charge >= 0.3 is 0 Å². The van der Waals surface area contributed by atoms with Gasteiger partial charge in [-0.15, -0.1) is 0 Å². The molecule has 0 aliphatic carbocycles. The number of carbonyl (C=O) groups excluding carboxylic acids is 1. The Labute approximate surface area is 195 Å². The smallest absolute Gasteiger partial charge is 0.271 e. The van der Waals surface area contributed by atoms with E-state index in [9.17, 15) is 14.9 Å². The van der Waals surface area contributed by atoms with Crippen LogP contribution in [0.4, 0.5) is 5.69 Å². The summed E-state index contributed by atoms with van der Waals surface area (Å²) in [6.45, 7) is 2.11. The molecule has 31 heavy (non-hydrogen) atoms. The number of halogens is 2. The monoisotopic (exact) mass is 545 g/mol. The Bertz CT molecular complexity index is 1120. The number of hydrogen-bond donors (Lipinski definition) is 1. The Hall–Kier alpha value is -3.04. The summed E-state index contributed by atoms with van der Waals surface area (Å²) < 4.78 is 7.23. The number of aryl methyl sites for hydroxylation is 1. The first-order valence-corrected chi connectivity index (χ1v) is 10.7. The van der Waals surface area contributed by atoms with Crippen LogP contribution in [0.15, 0.2) is 74.7 Å². The lowest BCUT2D eigenvalue weighted by atomic mass is 10.1. The Balaban J connectivity index is 1.64. The fraction of sp³-hybridized carbons (Fsp3) is 0.0909. The second-order valence-corrected chi connectivity index (χ2v) is 8.25. The van der Waals surface area contributed by atoms with E-state index in [1.165, 1.54) is 18.3 Å². The molecular weight excluding hydrogens is 530 g/mol. The number of hydrazone groups is 1. The molecule has 0 aliphatic rings. The molecule has 0 atom stereocenters. The molecule has 0 heterocycles. The summed E-state index contributed by atoms with van der Waals surface area (Å²) in [5, 5.41) is 14.8. The topological polar surface area (TPSA) is 93.8 Å². The van der Waals surface area contributed by atoms with Gasteiger partial charge in [0.25, 0.3) is 11.6 Å². The summed E-state index contributed by atoms with van der Waals surface area (Å²) in [5.41, 5.74) is 5.53. The summed E-state index contributed by atoms with van der Waals surface area (Å²) in [6.07, 6.45) is 1.53. The molecule has 0 fully saturated rings. The number of nitrogens with one attached hydrogen (secondary N) is 1. The largest absolute Gasteiger partial charge is 0.487 e. The van der Waals surface area contributed by atoms with Crippen molar-refractivity contribution in [3.8, 4) is 5.75 Å². The summed E-state index contributed by atoms with van der Waals surface area (Å²) in [5.74, 6) is 0.301. The van der Waals surface area contributed by atoms with Crippen molar-refractivity contribution >= 4 is 49.7 Å². The van der Waals surface area contributed by atoms with E-state index >= 15 is 0 Å². The zero-order chi connectivity index (χ0) is 22.4. The van der Waals surface area contributed by atoms with Crippen molar-refractivity contribution in [2.24, 2.45) is 5.10 Å². The Kier molecular flexibility index (Phi) is 7.54. The first kappa shape index (κ1) is 22.6. The summed E-state index contributed by atoms with van der Waals surface area (Å²) in [4.78, 5) is 22.5. The third kappa shape index (κ3) is 5.99. The van der Waals surface area contributed by atoms with E-state index in [1.807, 2.05) is 19.1 Å². The number of benzene rings is 3. The summed E-state index contributed by atoms with van der Waals surface area (Å²) >= 11 is 6.95. The molecule has 0 spiro atoms. The predicted molar refractivity (Wildman–Crippen MR) is 126 cm³/mol. The molecule has 3 rings (SSSR count). The molecule has 0 unspecified atom stereocenters. The average molecular weight is 547 g/mol. The van der Waals surface area contributed by atoms with Gasteiger partial charge in [-0.05, 0) is 85.8 Å². The van der Waals surface area contributed by atoms with E-state index < -0.39 is 4.92 Å². The molecule has 9 heteroatoms. The fourth-order valence-electron chi connectivity index (χ4n) is 2.71. The molecule has 3 aromatic rings. The van der Waals surface area contributed by atoms with Crippen LogP contribution < -0.4 is 10.2 Å². The van der Waals surface area contributed by atoms with Crippen molar-refractivity contribution in [1.29, 1.82) is 0 Å². The molecule has 0 saturated carbocycles. The van der Waals surface area contributed by atoms with Crippen molar-refractivity contribution < 1.29 is 14.5 Å². The Morgan fingerprint density at radius 3 is 2.39 bits per heavy atom. The van der Waals surface area contributed by atoms with Crippen LogP contribution in [0.5, 0.6) is 5.75 Å². The number of carbonyl (C=O) groups is 1. The van der Waals surface area contributed by atoms with Crippen molar-refractivity contribution in [2.75, 3.05) is 0 Å². The van der Waals surface area contributed by atoms with Crippen LogP contribution in [-0.2, 0) is 6.61 Å². The quantitative estimate of drug-likeness (QED) is 0.231. The Morgan fingerprint density at radius 2 is 1.77 bits per heavy atom. The fourth-order valence-corrected chi connectivity index (χ4v) is 4.17. The summed E-state index contributed by atoms with van der Waals surface area (Å²) in [6, 6.07) is 17.1. The lowest BCUT2D eigenvalue weighted by molar-refractivity contribution is -0.384. The van der Waals surface area contributed by atoms with Crippen LogP contribution in [0.25, 0.3) is 0 Å². The second-order valence-electron chi connectivity index (χ2n) is 6.54. The number of rotatable bonds is 7. The zero-order valence-electron chi connectivity index (χ0n) is 16.3. The van der Waals surface area contributed by atoms with Gasteiger partial charge in [-0.1, -0.05) is 18.2 Å². The molecule has 0 bridgehead atoms. The first-order chi connectivity index (χ1) is 14.8. The molecule has 1 N–H and O–H groups in total. The minimum atomic E-state index is -0.443. The molecule has 0 saturated heterocycles. The van der Waals surface area contributed by atoms with Crippen LogP contribution in [0.2, 0.25) is 0 Å². The summed E-state index contributed by atoms with van der Waals surface area (Å²) in [7, 11) is 0.